The van der Waals surface area contributed by atoms with E-state index in [2.05, 4.69) is 10.6 Å². The fraction of sp³-hybridized carbons (Fsp3) is 0.882. The highest BCUT2D eigenvalue weighted by Crippen LogP contribution is 2.05. The molecular weight excluding hydrogens is 296 g/mol. The van der Waals surface area contributed by atoms with Gasteiger partial charge in [-0.3, -0.25) is 9.59 Å². The van der Waals surface area contributed by atoms with Crippen molar-refractivity contribution in [3.8, 4) is 0 Å². The Labute approximate surface area is 140 Å². The maximum Gasteiger partial charge on any atom is 0.220 e. The van der Waals surface area contributed by atoms with Crippen LogP contribution in [0.2, 0.25) is 0 Å². The van der Waals surface area contributed by atoms with Crippen molar-refractivity contribution in [3.63, 3.8) is 0 Å². The van der Waals surface area contributed by atoms with Gasteiger partial charge in [-0.15, -0.1) is 0 Å². The molecule has 0 saturated carbocycles. The van der Waals surface area contributed by atoms with Crippen LogP contribution in [0, 0.1) is 0 Å². The van der Waals surface area contributed by atoms with Gasteiger partial charge in [0.25, 0.3) is 0 Å². The highest BCUT2D eigenvalue weighted by Gasteiger charge is 2.04. The molecule has 0 aliphatic rings. The SMILES string of the molecule is CC(C)NC(=O)CCCCCCC(=O)NCCOCOC(C)C. The van der Waals surface area contributed by atoms with Crippen molar-refractivity contribution >= 4 is 11.8 Å². The average Bonchev–Trinajstić information content (AvgIpc) is 2.45. The summed E-state index contributed by atoms with van der Waals surface area (Å²) in [4.78, 5) is 23.0. The molecule has 0 unspecified atom stereocenters. The predicted octanol–water partition coefficient (Wildman–Crippen LogP) is 2.37. The van der Waals surface area contributed by atoms with Crippen LogP contribution in [-0.4, -0.2) is 43.9 Å². The summed E-state index contributed by atoms with van der Waals surface area (Å²) in [5.41, 5.74) is 0. The molecule has 0 aromatic heterocycles. The number of ether oxygens (including phenoxy) is 2. The summed E-state index contributed by atoms with van der Waals surface area (Å²) in [6, 6.07) is 0.201. The molecule has 23 heavy (non-hydrogen) atoms. The summed E-state index contributed by atoms with van der Waals surface area (Å²) in [5.74, 6) is 0.162. The van der Waals surface area contributed by atoms with Crippen molar-refractivity contribution in [1.82, 2.24) is 10.6 Å². The van der Waals surface area contributed by atoms with E-state index in [1.807, 2.05) is 27.7 Å². The molecule has 0 aromatic carbocycles. The van der Waals surface area contributed by atoms with E-state index in [-0.39, 0.29) is 30.8 Å². The maximum absolute atomic E-state index is 11.6. The normalized spacial score (nSPS) is 11.0. The lowest BCUT2D eigenvalue weighted by molar-refractivity contribution is -0.123. The van der Waals surface area contributed by atoms with Crippen molar-refractivity contribution in [1.29, 1.82) is 0 Å². The molecule has 0 radical (unpaired) electrons. The number of rotatable bonds is 14. The summed E-state index contributed by atoms with van der Waals surface area (Å²) >= 11 is 0. The molecule has 6 nitrogen and oxygen atoms in total. The number of hydrogen-bond acceptors (Lipinski definition) is 4. The van der Waals surface area contributed by atoms with E-state index in [9.17, 15) is 9.59 Å². The van der Waals surface area contributed by atoms with Crippen LogP contribution in [0.3, 0.4) is 0 Å². The number of amides is 2. The van der Waals surface area contributed by atoms with Gasteiger partial charge in [-0.25, -0.2) is 0 Å². The second kappa shape index (κ2) is 14.5. The molecule has 6 heteroatoms. The monoisotopic (exact) mass is 330 g/mol. The number of nitrogens with one attached hydrogen (secondary N) is 2. The van der Waals surface area contributed by atoms with Crippen molar-refractivity contribution < 1.29 is 19.1 Å². The Balaban J connectivity index is 3.32. The second-order valence-corrected chi connectivity index (χ2v) is 6.23. The quantitative estimate of drug-likeness (QED) is 0.379. The van der Waals surface area contributed by atoms with E-state index in [1.165, 1.54) is 0 Å². The average molecular weight is 330 g/mol. The van der Waals surface area contributed by atoms with Crippen molar-refractivity contribution in [3.05, 3.63) is 0 Å². The zero-order chi connectivity index (χ0) is 17.5. The van der Waals surface area contributed by atoms with Crippen LogP contribution in [0.5, 0.6) is 0 Å². The van der Waals surface area contributed by atoms with Gasteiger partial charge in [0.05, 0.1) is 12.7 Å². The molecule has 0 fully saturated rings. The molecule has 0 atom stereocenters. The summed E-state index contributed by atoms with van der Waals surface area (Å²) in [6.45, 7) is 9.04. The van der Waals surface area contributed by atoms with Gasteiger partial charge in [-0.05, 0) is 40.5 Å². The predicted molar refractivity (Wildman–Crippen MR) is 91.0 cm³/mol. The van der Waals surface area contributed by atoms with E-state index in [0.29, 0.717) is 26.0 Å². The molecule has 0 bridgehead atoms. The van der Waals surface area contributed by atoms with Crippen LogP contribution in [0.4, 0.5) is 0 Å². The minimum atomic E-state index is 0.0518. The zero-order valence-corrected chi connectivity index (χ0v) is 15.2. The highest BCUT2D eigenvalue weighted by molar-refractivity contribution is 5.76. The van der Waals surface area contributed by atoms with Crippen molar-refractivity contribution in [2.75, 3.05) is 19.9 Å². The Morgan fingerprint density at radius 1 is 0.913 bits per heavy atom. The van der Waals surface area contributed by atoms with Gasteiger partial charge < -0.3 is 20.1 Å². The Bertz CT molecular complexity index is 320. The standard InChI is InChI=1S/C17H34N2O4/c1-14(2)19-17(21)10-8-6-5-7-9-16(20)18-11-12-22-13-23-15(3)4/h14-15H,5-13H2,1-4H3,(H,18,20)(H,19,21). The lowest BCUT2D eigenvalue weighted by atomic mass is 10.1. The molecule has 0 heterocycles. The van der Waals surface area contributed by atoms with Crippen LogP contribution in [0.25, 0.3) is 0 Å². The van der Waals surface area contributed by atoms with E-state index in [4.69, 9.17) is 9.47 Å². The molecular formula is C17H34N2O4. The Morgan fingerprint density at radius 3 is 2.09 bits per heavy atom. The largest absolute Gasteiger partial charge is 0.354 e. The summed E-state index contributed by atoms with van der Waals surface area (Å²) in [6.07, 6.45) is 4.94. The molecule has 0 aliphatic heterocycles. The molecule has 0 spiro atoms. The van der Waals surface area contributed by atoms with Gasteiger partial charge in [0.1, 0.15) is 6.79 Å². The first-order valence-corrected chi connectivity index (χ1v) is 8.67. The van der Waals surface area contributed by atoms with E-state index >= 15 is 0 Å². The van der Waals surface area contributed by atoms with Gasteiger partial charge in [0.2, 0.25) is 11.8 Å². The third-order valence-electron chi connectivity index (χ3n) is 3.06. The van der Waals surface area contributed by atoms with Crippen molar-refractivity contribution in [2.45, 2.75) is 78.4 Å². The molecule has 0 saturated heterocycles. The van der Waals surface area contributed by atoms with Gasteiger partial charge in [0.15, 0.2) is 0 Å². The lowest BCUT2D eigenvalue weighted by Gasteiger charge is -2.09. The maximum atomic E-state index is 11.6. The van der Waals surface area contributed by atoms with E-state index < -0.39 is 0 Å². The lowest BCUT2D eigenvalue weighted by Crippen LogP contribution is -2.29. The Hall–Kier alpha value is -1.14. The first kappa shape index (κ1) is 21.9. The number of carbonyl (C=O) groups excluding carboxylic acids is 2. The van der Waals surface area contributed by atoms with Gasteiger partial charge in [-0.1, -0.05) is 12.8 Å². The first-order valence-electron chi connectivity index (χ1n) is 8.67. The first-order chi connectivity index (χ1) is 10.9. The topological polar surface area (TPSA) is 76.7 Å². The third-order valence-corrected chi connectivity index (χ3v) is 3.06. The van der Waals surface area contributed by atoms with Crippen LogP contribution < -0.4 is 10.6 Å². The van der Waals surface area contributed by atoms with Gasteiger partial charge in [0, 0.05) is 25.4 Å². The van der Waals surface area contributed by atoms with Crippen LogP contribution in [-0.2, 0) is 19.1 Å². The highest BCUT2D eigenvalue weighted by atomic mass is 16.7. The van der Waals surface area contributed by atoms with Gasteiger partial charge >= 0.3 is 0 Å². The van der Waals surface area contributed by atoms with E-state index in [1.54, 1.807) is 0 Å². The Morgan fingerprint density at radius 2 is 1.52 bits per heavy atom. The molecule has 2 N–H and O–H groups in total. The summed E-state index contributed by atoms with van der Waals surface area (Å²) < 4.78 is 10.5. The second-order valence-electron chi connectivity index (χ2n) is 6.23. The fourth-order valence-electron chi connectivity index (χ4n) is 1.91. The van der Waals surface area contributed by atoms with Crippen molar-refractivity contribution in [2.24, 2.45) is 0 Å². The number of hydrogen-bond donors (Lipinski definition) is 2. The minimum absolute atomic E-state index is 0.0518. The molecule has 0 rings (SSSR count). The van der Waals surface area contributed by atoms with Gasteiger partial charge in [-0.2, -0.15) is 0 Å². The van der Waals surface area contributed by atoms with E-state index in [0.717, 1.165) is 25.7 Å². The molecule has 0 aliphatic carbocycles. The zero-order valence-electron chi connectivity index (χ0n) is 15.2. The minimum Gasteiger partial charge on any atom is -0.354 e. The number of unbranched alkanes of at least 4 members (excludes halogenated alkanes) is 3. The fourth-order valence-corrected chi connectivity index (χ4v) is 1.91. The Kier molecular flexibility index (Phi) is 13.7. The number of carbonyl (C=O) groups is 2. The molecule has 2 amide bonds. The van der Waals surface area contributed by atoms with Crippen LogP contribution in [0.15, 0.2) is 0 Å². The molecule has 0 aromatic rings. The molecule has 136 valence electrons. The summed E-state index contributed by atoms with van der Waals surface area (Å²) in [7, 11) is 0. The van der Waals surface area contributed by atoms with Crippen LogP contribution in [0.1, 0.15) is 66.2 Å². The smallest absolute Gasteiger partial charge is 0.220 e. The third kappa shape index (κ3) is 17.1. The summed E-state index contributed by atoms with van der Waals surface area (Å²) in [5, 5.41) is 5.69. The van der Waals surface area contributed by atoms with Crippen LogP contribution >= 0.6 is 0 Å².